The molecule has 0 bridgehead atoms. The van der Waals surface area contributed by atoms with Gasteiger partial charge < -0.3 is 9.47 Å². The first kappa shape index (κ1) is 21.4. The van der Waals surface area contributed by atoms with Crippen LogP contribution in [0.3, 0.4) is 0 Å². The lowest BCUT2D eigenvalue weighted by Gasteiger charge is -2.24. The number of imidazole rings is 1. The fourth-order valence-corrected chi connectivity index (χ4v) is 4.75. The van der Waals surface area contributed by atoms with Crippen LogP contribution in [0.2, 0.25) is 0 Å². The number of primary sulfonamides is 1. The lowest BCUT2D eigenvalue weighted by atomic mass is 10.2. The van der Waals surface area contributed by atoms with E-state index < -0.39 is 10.0 Å². The lowest BCUT2D eigenvalue weighted by Crippen LogP contribution is -2.36. The van der Waals surface area contributed by atoms with Gasteiger partial charge >= 0.3 is 0 Å². The Labute approximate surface area is 175 Å². The van der Waals surface area contributed by atoms with Gasteiger partial charge in [-0.15, -0.1) is 0 Å². The number of rotatable bonds is 7. The smallest absolute Gasteiger partial charge is 0.240 e. The maximum atomic E-state index is 13.1. The van der Waals surface area contributed by atoms with Crippen LogP contribution in [0.15, 0.2) is 58.6 Å². The lowest BCUT2D eigenvalue weighted by molar-refractivity contribution is -0.117. The van der Waals surface area contributed by atoms with Gasteiger partial charge in [-0.2, -0.15) is 0 Å². The molecule has 0 spiro atoms. The monoisotopic (exact) mass is 432 g/mol. The standard InChI is InChI=1S/C20H24N4O3S2/c1-4-23(15-9-7-6-8-10-15)19(25)14(3)28-20-22-17-13-16(29(21,26)27)11-12-18(17)24(20)5-2/h6-14H,4-5H2,1-3H3,(H2,21,26,27). The predicted molar refractivity (Wildman–Crippen MR) is 117 cm³/mol. The van der Waals surface area contributed by atoms with E-state index in [4.69, 9.17) is 5.14 Å². The molecule has 154 valence electrons. The highest BCUT2D eigenvalue weighted by Crippen LogP contribution is 2.30. The highest BCUT2D eigenvalue weighted by Gasteiger charge is 2.24. The van der Waals surface area contributed by atoms with Gasteiger partial charge in [-0.1, -0.05) is 30.0 Å². The minimum absolute atomic E-state index is 0.0105. The third-order valence-electron chi connectivity index (χ3n) is 4.61. The third-order valence-corrected chi connectivity index (χ3v) is 6.60. The molecule has 1 heterocycles. The number of carbonyl (C=O) groups is 1. The number of para-hydroxylation sites is 1. The number of aromatic nitrogens is 2. The number of fused-ring (bicyclic) bond motifs is 1. The molecular formula is C20H24N4O3S2. The van der Waals surface area contributed by atoms with Crippen LogP contribution in [0.25, 0.3) is 11.0 Å². The van der Waals surface area contributed by atoms with Gasteiger partial charge in [0.25, 0.3) is 0 Å². The molecule has 29 heavy (non-hydrogen) atoms. The minimum Gasteiger partial charge on any atom is -0.319 e. The van der Waals surface area contributed by atoms with Gasteiger partial charge in [0, 0.05) is 18.8 Å². The van der Waals surface area contributed by atoms with Gasteiger partial charge in [-0.3, -0.25) is 4.79 Å². The highest BCUT2D eigenvalue weighted by molar-refractivity contribution is 8.00. The van der Waals surface area contributed by atoms with Crippen molar-refractivity contribution in [3.63, 3.8) is 0 Å². The Bertz CT molecular complexity index is 1130. The number of amides is 1. The molecule has 7 nitrogen and oxygen atoms in total. The largest absolute Gasteiger partial charge is 0.319 e. The van der Waals surface area contributed by atoms with Crippen LogP contribution >= 0.6 is 11.8 Å². The molecule has 1 amide bonds. The number of hydrogen-bond acceptors (Lipinski definition) is 5. The summed E-state index contributed by atoms with van der Waals surface area (Å²) in [6.07, 6.45) is 0. The van der Waals surface area contributed by atoms with Gasteiger partial charge in [0.2, 0.25) is 15.9 Å². The number of nitrogens with two attached hydrogens (primary N) is 1. The fraction of sp³-hybridized carbons (Fsp3) is 0.300. The summed E-state index contributed by atoms with van der Waals surface area (Å²) in [6, 6.07) is 14.2. The summed E-state index contributed by atoms with van der Waals surface area (Å²) in [5, 5.41) is 5.53. The van der Waals surface area contributed by atoms with Gasteiger partial charge in [-0.05, 0) is 51.1 Å². The second kappa shape index (κ2) is 8.56. The van der Waals surface area contributed by atoms with Crippen LogP contribution in [0.5, 0.6) is 0 Å². The number of carbonyl (C=O) groups excluding carboxylic acids is 1. The van der Waals surface area contributed by atoms with E-state index >= 15 is 0 Å². The second-order valence-electron chi connectivity index (χ2n) is 6.51. The van der Waals surface area contributed by atoms with E-state index in [9.17, 15) is 13.2 Å². The Morgan fingerprint density at radius 3 is 2.48 bits per heavy atom. The van der Waals surface area contributed by atoms with Crippen molar-refractivity contribution in [1.82, 2.24) is 9.55 Å². The molecule has 0 fully saturated rings. The number of thioether (sulfide) groups is 1. The van der Waals surface area contributed by atoms with Crippen LogP contribution in [0.1, 0.15) is 20.8 Å². The van der Waals surface area contributed by atoms with E-state index in [1.807, 2.05) is 55.7 Å². The van der Waals surface area contributed by atoms with E-state index in [0.29, 0.717) is 23.8 Å². The molecule has 3 aromatic rings. The quantitative estimate of drug-likeness (QED) is 0.578. The summed E-state index contributed by atoms with van der Waals surface area (Å²) >= 11 is 1.36. The summed E-state index contributed by atoms with van der Waals surface area (Å²) < 4.78 is 25.2. The Hall–Kier alpha value is -2.36. The predicted octanol–water partition coefficient (Wildman–Crippen LogP) is 3.24. The SMILES string of the molecule is CCN(C(=O)C(C)Sc1nc2cc(S(N)(=O)=O)ccc2n1CC)c1ccccc1. The van der Waals surface area contributed by atoms with E-state index in [0.717, 1.165) is 11.2 Å². The average Bonchev–Trinajstić information content (AvgIpc) is 3.04. The average molecular weight is 433 g/mol. The Kier molecular flexibility index (Phi) is 6.30. The molecule has 2 N–H and O–H groups in total. The van der Waals surface area contributed by atoms with Crippen molar-refractivity contribution >= 4 is 44.4 Å². The molecule has 0 radical (unpaired) electrons. The first-order valence-corrected chi connectivity index (χ1v) is 11.7. The van der Waals surface area contributed by atoms with Gasteiger partial charge in [0.1, 0.15) is 0 Å². The molecule has 0 saturated heterocycles. The molecule has 0 aliphatic heterocycles. The van der Waals surface area contributed by atoms with E-state index in [2.05, 4.69) is 4.98 Å². The summed E-state index contributed by atoms with van der Waals surface area (Å²) in [5.74, 6) is -0.0105. The number of sulfonamides is 1. The second-order valence-corrected chi connectivity index (χ2v) is 9.38. The van der Waals surface area contributed by atoms with Gasteiger partial charge in [0.05, 0.1) is 21.2 Å². The number of anilines is 1. The topological polar surface area (TPSA) is 98.3 Å². The Balaban J connectivity index is 1.91. The van der Waals surface area contributed by atoms with Gasteiger partial charge in [0.15, 0.2) is 5.16 Å². The molecule has 0 saturated carbocycles. The Morgan fingerprint density at radius 2 is 1.90 bits per heavy atom. The molecule has 0 aliphatic carbocycles. The molecule has 3 rings (SSSR count). The van der Waals surface area contributed by atoms with Crippen LogP contribution < -0.4 is 10.0 Å². The summed E-state index contributed by atoms with van der Waals surface area (Å²) in [7, 11) is -3.80. The van der Waals surface area contributed by atoms with Crippen LogP contribution in [0.4, 0.5) is 5.69 Å². The molecule has 2 aromatic carbocycles. The first-order valence-electron chi connectivity index (χ1n) is 9.32. The van der Waals surface area contributed by atoms with Crippen molar-refractivity contribution in [1.29, 1.82) is 0 Å². The summed E-state index contributed by atoms with van der Waals surface area (Å²) in [5.41, 5.74) is 2.20. The zero-order valence-corrected chi connectivity index (χ0v) is 18.2. The zero-order chi connectivity index (χ0) is 21.2. The van der Waals surface area contributed by atoms with E-state index in [1.165, 1.54) is 23.9 Å². The molecule has 9 heteroatoms. The third kappa shape index (κ3) is 4.47. The van der Waals surface area contributed by atoms with Gasteiger partial charge in [-0.25, -0.2) is 18.5 Å². The molecule has 1 aromatic heterocycles. The first-order chi connectivity index (χ1) is 13.8. The Morgan fingerprint density at radius 1 is 1.21 bits per heavy atom. The highest BCUT2D eigenvalue weighted by atomic mass is 32.2. The number of aryl methyl sites for hydroxylation is 1. The molecule has 0 aliphatic rings. The summed E-state index contributed by atoms with van der Waals surface area (Å²) in [4.78, 5) is 19.4. The number of hydrogen-bond donors (Lipinski definition) is 1. The molecular weight excluding hydrogens is 408 g/mol. The van der Waals surface area contributed by atoms with E-state index in [-0.39, 0.29) is 16.1 Å². The van der Waals surface area contributed by atoms with E-state index in [1.54, 1.807) is 11.0 Å². The van der Waals surface area contributed by atoms with Crippen molar-refractivity contribution < 1.29 is 13.2 Å². The molecule has 1 atom stereocenters. The minimum atomic E-state index is -3.80. The zero-order valence-electron chi connectivity index (χ0n) is 16.6. The van der Waals surface area contributed by atoms with Crippen molar-refractivity contribution in [3.8, 4) is 0 Å². The number of benzene rings is 2. The van der Waals surface area contributed by atoms with Crippen LogP contribution in [0, 0.1) is 0 Å². The van der Waals surface area contributed by atoms with Crippen molar-refractivity contribution in [2.75, 3.05) is 11.4 Å². The van der Waals surface area contributed by atoms with Crippen molar-refractivity contribution in [2.24, 2.45) is 5.14 Å². The fourth-order valence-electron chi connectivity index (χ4n) is 3.16. The normalized spacial score (nSPS) is 12.8. The van der Waals surface area contributed by atoms with Crippen LogP contribution in [-0.2, 0) is 21.4 Å². The van der Waals surface area contributed by atoms with Crippen molar-refractivity contribution in [2.45, 2.75) is 42.6 Å². The maximum Gasteiger partial charge on any atom is 0.240 e. The molecule has 1 unspecified atom stereocenters. The van der Waals surface area contributed by atoms with Crippen molar-refractivity contribution in [3.05, 3.63) is 48.5 Å². The maximum absolute atomic E-state index is 13.1. The van der Waals surface area contributed by atoms with Crippen LogP contribution in [-0.4, -0.2) is 35.7 Å². The number of nitrogens with zero attached hydrogens (tertiary/aromatic N) is 3. The summed E-state index contributed by atoms with van der Waals surface area (Å²) in [6.45, 7) is 6.99.